The Labute approximate surface area is 171 Å². The minimum absolute atomic E-state index is 0.0966. The van der Waals surface area contributed by atoms with E-state index in [-0.39, 0.29) is 23.0 Å². The van der Waals surface area contributed by atoms with Gasteiger partial charge in [0, 0.05) is 13.1 Å². The molecular formula is C22H42N2O4. The number of carbonyl (C=O) groups is 2. The Morgan fingerprint density at radius 3 is 2.36 bits per heavy atom. The average Bonchev–Trinajstić information content (AvgIpc) is 2.59. The van der Waals surface area contributed by atoms with Crippen LogP contribution in [-0.4, -0.2) is 38.5 Å². The summed E-state index contributed by atoms with van der Waals surface area (Å²) < 4.78 is 10.1. The van der Waals surface area contributed by atoms with Crippen molar-refractivity contribution in [3.05, 3.63) is 0 Å². The van der Waals surface area contributed by atoms with Crippen LogP contribution >= 0.6 is 0 Å². The maximum Gasteiger partial charge on any atom is 0.407 e. The number of amides is 2. The van der Waals surface area contributed by atoms with Crippen LogP contribution in [0.25, 0.3) is 0 Å². The van der Waals surface area contributed by atoms with Crippen molar-refractivity contribution in [1.82, 2.24) is 10.6 Å². The zero-order chi connectivity index (χ0) is 21.0. The lowest BCUT2D eigenvalue weighted by atomic mass is 9.60. The fourth-order valence-corrected chi connectivity index (χ4v) is 4.77. The van der Waals surface area contributed by atoms with Gasteiger partial charge in [-0.15, -0.1) is 0 Å². The molecule has 0 aromatic carbocycles. The third-order valence-electron chi connectivity index (χ3n) is 5.50. The molecule has 164 valence electrons. The van der Waals surface area contributed by atoms with Crippen molar-refractivity contribution in [2.24, 2.45) is 16.7 Å². The molecule has 1 aliphatic rings. The molecule has 0 aliphatic heterocycles. The van der Waals surface area contributed by atoms with E-state index in [0.29, 0.717) is 32.2 Å². The summed E-state index contributed by atoms with van der Waals surface area (Å²) in [6.45, 7) is 13.1. The molecule has 1 saturated carbocycles. The number of alkyl carbamates (subject to hydrolysis) is 2. The van der Waals surface area contributed by atoms with Gasteiger partial charge in [-0.05, 0) is 55.8 Å². The normalized spacial score (nSPS) is 23.7. The minimum Gasteiger partial charge on any atom is -0.450 e. The molecule has 2 unspecified atom stereocenters. The van der Waals surface area contributed by atoms with Gasteiger partial charge in [-0.25, -0.2) is 9.59 Å². The predicted octanol–water partition coefficient (Wildman–Crippen LogP) is 5.26. The van der Waals surface area contributed by atoms with Crippen molar-refractivity contribution in [3.8, 4) is 0 Å². The fourth-order valence-electron chi connectivity index (χ4n) is 4.77. The quantitative estimate of drug-likeness (QED) is 0.465. The molecule has 28 heavy (non-hydrogen) atoms. The van der Waals surface area contributed by atoms with Gasteiger partial charge < -0.3 is 20.1 Å². The first-order chi connectivity index (χ1) is 13.2. The lowest BCUT2D eigenvalue weighted by molar-refractivity contribution is 0.0474. The molecule has 2 N–H and O–H groups in total. The summed E-state index contributed by atoms with van der Waals surface area (Å²) in [4.78, 5) is 23.2. The smallest absolute Gasteiger partial charge is 0.407 e. The third kappa shape index (κ3) is 10.2. The second-order valence-corrected chi connectivity index (χ2v) is 9.41. The molecule has 0 saturated heterocycles. The molecule has 6 nitrogen and oxygen atoms in total. The van der Waals surface area contributed by atoms with E-state index in [0.717, 1.165) is 44.9 Å². The Bertz CT molecular complexity index is 481. The van der Waals surface area contributed by atoms with E-state index in [2.05, 4.69) is 38.3 Å². The van der Waals surface area contributed by atoms with Crippen molar-refractivity contribution < 1.29 is 19.1 Å². The Balaban J connectivity index is 2.39. The van der Waals surface area contributed by atoms with Gasteiger partial charge in [-0.3, -0.25) is 0 Å². The second-order valence-electron chi connectivity index (χ2n) is 9.41. The van der Waals surface area contributed by atoms with Crippen molar-refractivity contribution in [1.29, 1.82) is 0 Å². The highest BCUT2D eigenvalue weighted by molar-refractivity contribution is 5.67. The number of unbranched alkanes of at least 4 members (excludes halogenated alkanes) is 2. The highest BCUT2D eigenvalue weighted by Crippen LogP contribution is 2.49. The molecule has 0 spiro atoms. The van der Waals surface area contributed by atoms with Crippen LogP contribution in [0.1, 0.15) is 86.0 Å². The standard InChI is InChI=1S/C22H42N2O4/c1-6-8-13-28-20(26)24-17-22(5)15-18(14-21(3,4)16-22)11-9-10-12-23-19(25)27-7-2/h18H,6-17H2,1-5H3,(H,23,25)(H,24,26). The highest BCUT2D eigenvalue weighted by Gasteiger charge is 2.41. The number of nitrogens with one attached hydrogen (secondary N) is 2. The number of ether oxygens (including phenoxy) is 2. The summed E-state index contributed by atoms with van der Waals surface area (Å²) in [6, 6.07) is 0. The number of carbonyl (C=O) groups excluding carboxylic acids is 2. The third-order valence-corrected chi connectivity index (χ3v) is 5.50. The Morgan fingerprint density at radius 2 is 1.68 bits per heavy atom. The fraction of sp³-hybridized carbons (Fsp3) is 0.909. The molecule has 1 rings (SSSR count). The van der Waals surface area contributed by atoms with E-state index in [9.17, 15) is 9.59 Å². The van der Waals surface area contributed by atoms with E-state index < -0.39 is 0 Å². The SMILES string of the molecule is CCCCOC(=O)NCC1(C)CC(CCCCNC(=O)OCC)CC(C)(C)C1. The van der Waals surface area contributed by atoms with Gasteiger partial charge in [0.1, 0.15) is 0 Å². The maximum absolute atomic E-state index is 11.9. The second kappa shape index (κ2) is 12.2. The van der Waals surface area contributed by atoms with Crippen molar-refractivity contribution in [2.45, 2.75) is 86.0 Å². The van der Waals surface area contributed by atoms with Gasteiger partial charge in [0.05, 0.1) is 13.2 Å². The van der Waals surface area contributed by atoms with E-state index in [1.807, 2.05) is 0 Å². The van der Waals surface area contributed by atoms with Crippen molar-refractivity contribution in [2.75, 3.05) is 26.3 Å². The van der Waals surface area contributed by atoms with Crippen LogP contribution in [0.3, 0.4) is 0 Å². The zero-order valence-electron chi connectivity index (χ0n) is 18.7. The van der Waals surface area contributed by atoms with Gasteiger partial charge in [-0.1, -0.05) is 47.0 Å². The van der Waals surface area contributed by atoms with Gasteiger partial charge in [0.25, 0.3) is 0 Å². The van der Waals surface area contributed by atoms with E-state index in [1.165, 1.54) is 6.42 Å². The van der Waals surface area contributed by atoms with Crippen LogP contribution in [0.15, 0.2) is 0 Å². The molecule has 2 amide bonds. The molecule has 1 aliphatic carbocycles. The molecule has 0 aromatic rings. The van der Waals surface area contributed by atoms with Gasteiger partial charge >= 0.3 is 12.2 Å². The molecular weight excluding hydrogens is 356 g/mol. The first-order valence-corrected chi connectivity index (χ1v) is 11.0. The molecule has 0 heterocycles. The monoisotopic (exact) mass is 398 g/mol. The van der Waals surface area contributed by atoms with Crippen LogP contribution in [0.2, 0.25) is 0 Å². The van der Waals surface area contributed by atoms with Crippen LogP contribution in [0.4, 0.5) is 9.59 Å². The summed E-state index contributed by atoms with van der Waals surface area (Å²) in [5, 5.41) is 5.77. The lowest BCUT2D eigenvalue weighted by Gasteiger charge is -2.47. The summed E-state index contributed by atoms with van der Waals surface area (Å²) in [5.74, 6) is 0.647. The van der Waals surface area contributed by atoms with Crippen molar-refractivity contribution in [3.63, 3.8) is 0 Å². The molecule has 0 radical (unpaired) electrons. The topological polar surface area (TPSA) is 76.7 Å². The van der Waals surface area contributed by atoms with Crippen LogP contribution in [-0.2, 0) is 9.47 Å². The number of rotatable bonds is 11. The van der Waals surface area contributed by atoms with Crippen LogP contribution in [0, 0.1) is 16.7 Å². The van der Waals surface area contributed by atoms with Gasteiger partial charge in [-0.2, -0.15) is 0 Å². The van der Waals surface area contributed by atoms with Gasteiger partial charge in [0.15, 0.2) is 0 Å². The van der Waals surface area contributed by atoms with Crippen LogP contribution < -0.4 is 10.6 Å². The summed E-state index contributed by atoms with van der Waals surface area (Å²) in [7, 11) is 0. The zero-order valence-corrected chi connectivity index (χ0v) is 18.7. The summed E-state index contributed by atoms with van der Waals surface area (Å²) >= 11 is 0. The van der Waals surface area contributed by atoms with E-state index in [4.69, 9.17) is 9.47 Å². The van der Waals surface area contributed by atoms with Gasteiger partial charge in [0.2, 0.25) is 0 Å². The highest BCUT2D eigenvalue weighted by atomic mass is 16.6. The predicted molar refractivity (Wildman–Crippen MR) is 112 cm³/mol. The lowest BCUT2D eigenvalue weighted by Crippen LogP contribution is -2.43. The van der Waals surface area contributed by atoms with E-state index >= 15 is 0 Å². The molecule has 1 fully saturated rings. The number of hydrogen-bond acceptors (Lipinski definition) is 4. The molecule has 2 atom stereocenters. The summed E-state index contributed by atoms with van der Waals surface area (Å²) in [6.07, 6.45) is 7.97. The Kier molecular flexibility index (Phi) is 10.7. The molecule has 0 aromatic heterocycles. The largest absolute Gasteiger partial charge is 0.450 e. The number of hydrogen-bond donors (Lipinski definition) is 2. The Hall–Kier alpha value is -1.46. The summed E-state index contributed by atoms with van der Waals surface area (Å²) in [5.41, 5.74) is 0.369. The average molecular weight is 399 g/mol. The molecule has 0 bridgehead atoms. The minimum atomic E-state index is -0.328. The van der Waals surface area contributed by atoms with Crippen molar-refractivity contribution >= 4 is 12.2 Å². The molecule has 6 heteroatoms. The maximum atomic E-state index is 11.9. The first-order valence-electron chi connectivity index (χ1n) is 11.0. The first kappa shape index (κ1) is 24.6. The van der Waals surface area contributed by atoms with E-state index in [1.54, 1.807) is 6.92 Å². The van der Waals surface area contributed by atoms with Crippen LogP contribution in [0.5, 0.6) is 0 Å². The Morgan fingerprint density at radius 1 is 0.964 bits per heavy atom.